The molecule has 0 amide bonds. The SMILES string of the molecule is CCCc1cc(C(OCOC)(C(F)(F)F)C(F)(F)F)ccc1Oc1cccc(COC(C)=O)n1. The van der Waals surface area contributed by atoms with Crippen molar-refractivity contribution in [2.75, 3.05) is 13.9 Å². The Hall–Kier alpha value is -2.86. The molecule has 34 heavy (non-hydrogen) atoms. The van der Waals surface area contributed by atoms with Crippen LogP contribution in [0.3, 0.4) is 0 Å². The fourth-order valence-electron chi connectivity index (χ4n) is 3.13. The lowest BCUT2D eigenvalue weighted by molar-refractivity contribution is -0.400. The van der Waals surface area contributed by atoms with Crippen LogP contribution in [0.5, 0.6) is 11.6 Å². The molecular formula is C22H23F6NO5. The molecule has 0 aliphatic heterocycles. The number of aromatic nitrogens is 1. The molecule has 0 atom stereocenters. The van der Waals surface area contributed by atoms with E-state index in [1.165, 1.54) is 13.0 Å². The van der Waals surface area contributed by atoms with Crippen LogP contribution in [0.4, 0.5) is 26.3 Å². The number of esters is 1. The van der Waals surface area contributed by atoms with E-state index in [0.29, 0.717) is 18.2 Å². The van der Waals surface area contributed by atoms with Crippen molar-refractivity contribution in [2.45, 2.75) is 51.2 Å². The minimum absolute atomic E-state index is 0.0169. The maximum Gasteiger partial charge on any atom is 0.430 e. The number of halogens is 6. The number of carbonyl (C=O) groups is 1. The molecule has 12 heteroatoms. The molecule has 0 radical (unpaired) electrons. The standard InChI is InChI=1S/C22H23F6NO5/c1-4-6-15-11-16(20(21(23,24)25,22(26,27)28)33-13-31-3)9-10-18(15)34-19-8-5-7-17(29-19)12-32-14(2)30/h5,7-11H,4,6,12-13H2,1-3H3. The number of aryl methyl sites for hydroxylation is 1. The maximum atomic E-state index is 13.8. The number of carbonyl (C=O) groups excluding carboxylic acids is 1. The third kappa shape index (κ3) is 6.17. The first-order valence-corrected chi connectivity index (χ1v) is 10.0. The topological polar surface area (TPSA) is 66.9 Å². The number of hydrogen-bond acceptors (Lipinski definition) is 6. The molecule has 6 nitrogen and oxygen atoms in total. The quantitative estimate of drug-likeness (QED) is 0.235. The molecule has 0 saturated heterocycles. The average Bonchev–Trinajstić information content (AvgIpc) is 2.73. The molecule has 0 fully saturated rings. The molecule has 188 valence electrons. The van der Waals surface area contributed by atoms with Crippen molar-refractivity contribution in [1.82, 2.24) is 4.98 Å². The van der Waals surface area contributed by atoms with Gasteiger partial charge in [-0.3, -0.25) is 4.79 Å². The molecule has 0 aliphatic rings. The second-order valence-electron chi connectivity index (χ2n) is 7.15. The number of methoxy groups -OCH3 is 1. The van der Waals surface area contributed by atoms with Crippen LogP contribution in [0.1, 0.15) is 37.1 Å². The van der Waals surface area contributed by atoms with E-state index in [9.17, 15) is 31.1 Å². The van der Waals surface area contributed by atoms with Gasteiger partial charge in [0, 0.05) is 25.7 Å². The Morgan fingerprint density at radius 1 is 1.03 bits per heavy atom. The average molecular weight is 495 g/mol. The van der Waals surface area contributed by atoms with Crippen LogP contribution < -0.4 is 4.74 Å². The van der Waals surface area contributed by atoms with Crippen molar-refractivity contribution >= 4 is 5.97 Å². The summed E-state index contributed by atoms with van der Waals surface area (Å²) < 4.78 is 102. The first kappa shape index (κ1) is 27.4. The number of benzene rings is 1. The third-order valence-corrected chi connectivity index (χ3v) is 4.60. The Bertz CT molecular complexity index is 963. The summed E-state index contributed by atoms with van der Waals surface area (Å²) in [7, 11) is 0.916. The lowest BCUT2D eigenvalue weighted by Gasteiger charge is -2.37. The van der Waals surface area contributed by atoms with Gasteiger partial charge in [0.25, 0.3) is 5.60 Å². The van der Waals surface area contributed by atoms with E-state index in [-0.39, 0.29) is 30.2 Å². The summed E-state index contributed by atoms with van der Waals surface area (Å²) in [5.41, 5.74) is -5.33. The van der Waals surface area contributed by atoms with E-state index in [2.05, 4.69) is 14.5 Å². The lowest BCUT2D eigenvalue weighted by atomic mass is 9.89. The summed E-state index contributed by atoms with van der Waals surface area (Å²) in [4.78, 5) is 15.1. The lowest BCUT2D eigenvalue weighted by Crippen LogP contribution is -2.56. The van der Waals surface area contributed by atoms with Crippen molar-refractivity contribution in [3.8, 4) is 11.6 Å². The Kier molecular flexibility index (Phi) is 8.89. The summed E-state index contributed by atoms with van der Waals surface area (Å²) in [6.45, 7) is 1.55. The fraction of sp³-hybridized carbons (Fsp3) is 0.455. The van der Waals surface area contributed by atoms with Crippen molar-refractivity contribution in [3.05, 3.63) is 53.2 Å². The van der Waals surface area contributed by atoms with E-state index in [1.54, 1.807) is 19.1 Å². The van der Waals surface area contributed by atoms with Crippen molar-refractivity contribution in [2.24, 2.45) is 0 Å². The number of rotatable bonds is 10. The molecule has 0 N–H and O–H groups in total. The van der Waals surface area contributed by atoms with Gasteiger partial charge < -0.3 is 18.9 Å². The van der Waals surface area contributed by atoms with Crippen molar-refractivity contribution in [1.29, 1.82) is 0 Å². The molecule has 1 heterocycles. The molecule has 2 aromatic rings. The second-order valence-corrected chi connectivity index (χ2v) is 7.15. The van der Waals surface area contributed by atoms with Crippen LogP contribution in [0, 0.1) is 0 Å². The highest BCUT2D eigenvalue weighted by molar-refractivity contribution is 5.65. The fourth-order valence-corrected chi connectivity index (χ4v) is 3.13. The molecule has 0 bridgehead atoms. The molecular weight excluding hydrogens is 472 g/mol. The minimum Gasteiger partial charge on any atom is -0.459 e. The monoisotopic (exact) mass is 495 g/mol. The minimum atomic E-state index is -5.83. The molecule has 0 unspecified atom stereocenters. The highest BCUT2D eigenvalue weighted by atomic mass is 19.4. The van der Waals surface area contributed by atoms with Crippen LogP contribution in [0.15, 0.2) is 36.4 Å². The molecule has 2 rings (SSSR count). The predicted octanol–water partition coefficient (Wildman–Crippen LogP) is 5.83. The Morgan fingerprint density at radius 3 is 2.26 bits per heavy atom. The second kappa shape index (κ2) is 11.0. The van der Waals surface area contributed by atoms with Crippen LogP contribution in [0.2, 0.25) is 0 Å². The summed E-state index contributed by atoms with van der Waals surface area (Å²) in [5, 5.41) is 0. The maximum absolute atomic E-state index is 13.8. The summed E-state index contributed by atoms with van der Waals surface area (Å²) in [5.74, 6) is -0.488. The van der Waals surface area contributed by atoms with Gasteiger partial charge >= 0.3 is 18.3 Å². The van der Waals surface area contributed by atoms with Gasteiger partial charge in [-0.05, 0) is 30.2 Å². The summed E-state index contributed by atoms with van der Waals surface area (Å²) in [6, 6.07) is 6.96. The molecule has 1 aromatic carbocycles. The van der Waals surface area contributed by atoms with E-state index >= 15 is 0 Å². The van der Waals surface area contributed by atoms with Crippen molar-refractivity contribution < 1.29 is 50.1 Å². The number of nitrogens with zero attached hydrogens (tertiary/aromatic N) is 1. The normalized spacial score (nSPS) is 12.5. The van der Waals surface area contributed by atoms with E-state index in [1.807, 2.05) is 0 Å². The van der Waals surface area contributed by atoms with Gasteiger partial charge in [-0.15, -0.1) is 0 Å². The van der Waals surface area contributed by atoms with Crippen LogP contribution in [-0.4, -0.2) is 37.2 Å². The predicted molar refractivity (Wildman–Crippen MR) is 107 cm³/mol. The van der Waals surface area contributed by atoms with Gasteiger partial charge in [0.15, 0.2) is 0 Å². The Morgan fingerprint density at radius 2 is 1.71 bits per heavy atom. The summed E-state index contributed by atoms with van der Waals surface area (Å²) in [6.07, 6.45) is -11.1. The largest absolute Gasteiger partial charge is 0.459 e. The molecule has 0 saturated carbocycles. The van der Waals surface area contributed by atoms with Gasteiger partial charge in [0.1, 0.15) is 19.1 Å². The number of ether oxygens (including phenoxy) is 4. The molecule has 0 aliphatic carbocycles. The smallest absolute Gasteiger partial charge is 0.430 e. The van der Waals surface area contributed by atoms with Gasteiger partial charge in [0.05, 0.1) is 5.69 Å². The first-order chi connectivity index (χ1) is 15.9. The highest BCUT2D eigenvalue weighted by Gasteiger charge is 2.73. The van der Waals surface area contributed by atoms with Gasteiger partial charge in [0.2, 0.25) is 5.88 Å². The van der Waals surface area contributed by atoms with E-state index in [4.69, 9.17) is 9.47 Å². The number of hydrogen-bond donors (Lipinski definition) is 0. The van der Waals surface area contributed by atoms with E-state index in [0.717, 1.165) is 19.2 Å². The number of pyridine rings is 1. The van der Waals surface area contributed by atoms with Crippen molar-refractivity contribution in [3.63, 3.8) is 0 Å². The first-order valence-electron chi connectivity index (χ1n) is 10.0. The van der Waals surface area contributed by atoms with Crippen LogP contribution >= 0.6 is 0 Å². The van der Waals surface area contributed by atoms with Gasteiger partial charge in [-0.2, -0.15) is 26.3 Å². The molecule has 0 spiro atoms. The van der Waals surface area contributed by atoms with Crippen LogP contribution in [-0.2, 0) is 37.6 Å². The van der Waals surface area contributed by atoms with Crippen LogP contribution in [0.25, 0.3) is 0 Å². The zero-order chi connectivity index (χ0) is 25.6. The highest BCUT2D eigenvalue weighted by Crippen LogP contribution is 2.53. The Labute approximate surface area is 191 Å². The Balaban J connectivity index is 2.52. The molecule has 1 aromatic heterocycles. The van der Waals surface area contributed by atoms with Gasteiger partial charge in [-0.25, -0.2) is 4.98 Å². The van der Waals surface area contributed by atoms with E-state index < -0.39 is 36.3 Å². The zero-order valence-electron chi connectivity index (χ0n) is 18.5. The van der Waals surface area contributed by atoms with Gasteiger partial charge in [-0.1, -0.05) is 25.5 Å². The number of alkyl halides is 6. The zero-order valence-corrected chi connectivity index (χ0v) is 18.5. The third-order valence-electron chi connectivity index (χ3n) is 4.60. The summed E-state index contributed by atoms with van der Waals surface area (Å²) >= 11 is 0.